The molecule has 0 saturated carbocycles. The number of fused-ring (bicyclic) bond motifs is 1. The Hall–Kier alpha value is -3.14. The molecule has 0 aliphatic heterocycles. The van der Waals surface area contributed by atoms with Gasteiger partial charge in [0, 0.05) is 5.39 Å². The Morgan fingerprint density at radius 1 is 0.760 bits per heavy atom. The monoisotopic (exact) mass is 336 g/mol. The summed E-state index contributed by atoms with van der Waals surface area (Å²) in [4.78, 5) is 0. The third-order valence-corrected chi connectivity index (χ3v) is 4.02. The van der Waals surface area contributed by atoms with Gasteiger partial charge in [0.1, 0.15) is 5.75 Å². The van der Waals surface area contributed by atoms with Crippen LogP contribution in [0.3, 0.4) is 0 Å². The number of hydrogen-bond acceptors (Lipinski definition) is 4. The maximum absolute atomic E-state index is 10.2. The molecular weight excluding hydrogens is 316 g/mol. The van der Waals surface area contributed by atoms with Crippen molar-refractivity contribution in [2.24, 2.45) is 0 Å². The van der Waals surface area contributed by atoms with Gasteiger partial charge in [-0.05, 0) is 40.8 Å². The number of phenols is 1. The number of hydrogen-bond donors (Lipinski definition) is 1. The molecule has 0 fully saturated rings. The number of rotatable bonds is 5. The van der Waals surface area contributed by atoms with E-state index < -0.39 is 0 Å². The molecule has 25 heavy (non-hydrogen) atoms. The Labute approximate surface area is 146 Å². The van der Waals surface area contributed by atoms with Crippen LogP contribution in [0.15, 0.2) is 48.5 Å². The van der Waals surface area contributed by atoms with E-state index in [4.69, 9.17) is 14.2 Å². The van der Waals surface area contributed by atoms with Crippen molar-refractivity contribution in [2.45, 2.75) is 0 Å². The van der Waals surface area contributed by atoms with Crippen LogP contribution >= 0.6 is 0 Å². The van der Waals surface area contributed by atoms with E-state index in [1.807, 2.05) is 54.6 Å². The van der Waals surface area contributed by atoms with E-state index >= 15 is 0 Å². The zero-order chi connectivity index (χ0) is 17.8. The van der Waals surface area contributed by atoms with Crippen molar-refractivity contribution >= 4 is 22.9 Å². The van der Waals surface area contributed by atoms with Gasteiger partial charge in [-0.1, -0.05) is 36.4 Å². The molecular formula is C21H20O4. The van der Waals surface area contributed by atoms with E-state index in [2.05, 4.69) is 0 Å². The molecule has 3 aromatic rings. The lowest BCUT2D eigenvalue weighted by Crippen LogP contribution is -1.95. The highest BCUT2D eigenvalue weighted by atomic mass is 16.5. The van der Waals surface area contributed by atoms with Crippen molar-refractivity contribution in [1.82, 2.24) is 0 Å². The zero-order valence-corrected chi connectivity index (χ0v) is 14.4. The first-order chi connectivity index (χ1) is 12.2. The highest BCUT2D eigenvalue weighted by Crippen LogP contribution is 2.38. The Bertz CT molecular complexity index is 903. The Kier molecular flexibility index (Phi) is 4.80. The Balaban J connectivity index is 1.99. The number of phenolic OH excluding ortho intramolecular Hbond substituents is 1. The fourth-order valence-corrected chi connectivity index (χ4v) is 2.80. The molecule has 0 aliphatic rings. The molecule has 3 rings (SSSR count). The first-order valence-electron chi connectivity index (χ1n) is 7.86. The molecule has 0 unspecified atom stereocenters. The summed E-state index contributed by atoms with van der Waals surface area (Å²) in [5.74, 6) is 2.03. The molecule has 4 nitrogen and oxygen atoms in total. The van der Waals surface area contributed by atoms with E-state index in [1.165, 1.54) is 0 Å². The molecule has 0 aromatic heterocycles. The third-order valence-electron chi connectivity index (χ3n) is 4.02. The summed E-state index contributed by atoms with van der Waals surface area (Å²) in [7, 11) is 4.76. The van der Waals surface area contributed by atoms with E-state index in [1.54, 1.807) is 27.4 Å². The predicted molar refractivity (Wildman–Crippen MR) is 101 cm³/mol. The van der Waals surface area contributed by atoms with Crippen LogP contribution in [0, 0.1) is 0 Å². The van der Waals surface area contributed by atoms with Crippen LogP contribution in [-0.2, 0) is 0 Å². The van der Waals surface area contributed by atoms with Crippen LogP contribution in [0.1, 0.15) is 11.1 Å². The molecule has 0 bridgehead atoms. The molecule has 128 valence electrons. The summed E-state index contributed by atoms with van der Waals surface area (Å²) in [5, 5.41) is 12.0. The Morgan fingerprint density at radius 2 is 1.36 bits per heavy atom. The summed E-state index contributed by atoms with van der Waals surface area (Å²) in [5.41, 5.74) is 1.81. The van der Waals surface area contributed by atoms with Crippen LogP contribution in [0.25, 0.3) is 22.9 Å². The number of aromatic hydroxyl groups is 1. The van der Waals surface area contributed by atoms with Crippen LogP contribution < -0.4 is 14.2 Å². The Morgan fingerprint density at radius 3 is 1.96 bits per heavy atom. The molecule has 4 heteroatoms. The summed E-state index contributed by atoms with van der Waals surface area (Å²) in [6, 6.07) is 15.3. The lowest BCUT2D eigenvalue weighted by molar-refractivity contribution is 0.324. The molecule has 0 aliphatic carbocycles. The zero-order valence-electron chi connectivity index (χ0n) is 14.4. The SMILES string of the molecule is COc1cc(/C=C/c2cc(O)c3ccccc3c2)cc(OC)c1OC. The van der Waals surface area contributed by atoms with Gasteiger partial charge >= 0.3 is 0 Å². The highest BCUT2D eigenvalue weighted by Gasteiger charge is 2.12. The molecule has 0 heterocycles. The minimum Gasteiger partial charge on any atom is -0.507 e. The number of benzene rings is 3. The van der Waals surface area contributed by atoms with Crippen molar-refractivity contribution in [3.05, 3.63) is 59.7 Å². The second-order valence-corrected chi connectivity index (χ2v) is 5.55. The van der Waals surface area contributed by atoms with E-state index in [0.717, 1.165) is 21.9 Å². The predicted octanol–water partition coefficient (Wildman–Crippen LogP) is 4.74. The molecule has 1 N–H and O–H groups in total. The van der Waals surface area contributed by atoms with Crippen molar-refractivity contribution in [1.29, 1.82) is 0 Å². The smallest absolute Gasteiger partial charge is 0.203 e. The lowest BCUT2D eigenvalue weighted by atomic mass is 10.0. The van der Waals surface area contributed by atoms with Crippen LogP contribution in [-0.4, -0.2) is 26.4 Å². The van der Waals surface area contributed by atoms with Crippen LogP contribution in [0.5, 0.6) is 23.0 Å². The van der Waals surface area contributed by atoms with Gasteiger partial charge in [-0.15, -0.1) is 0 Å². The van der Waals surface area contributed by atoms with Gasteiger partial charge in [-0.2, -0.15) is 0 Å². The van der Waals surface area contributed by atoms with Crippen molar-refractivity contribution < 1.29 is 19.3 Å². The van der Waals surface area contributed by atoms with Crippen molar-refractivity contribution in [3.8, 4) is 23.0 Å². The number of ether oxygens (including phenoxy) is 3. The first-order valence-corrected chi connectivity index (χ1v) is 7.86. The van der Waals surface area contributed by atoms with Gasteiger partial charge in [-0.3, -0.25) is 0 Å². The average Bonchev–Trinajstić information content (AvgIpc) is 2.65. The first kappa shape index (κ1) is 16.7. The molecule has 0 amide bonds. The summed E-state index contributed by atoms with van der Waals surface area (Å²) in [6.07, 6.45) is 3.88. The van der Waals surface area contributed by atoms with Crippen molar-refractivity contribution in [3.63, 3.8) is 0 Å². The van der Waals surface area contributed by atoms with E-state index in [9.17, 15) is 5.11 Å². The minimum absolute atomic E-state index is 0.266. The van der Waals surface area contributed by atoms with E-state index in [0.29, 0.717) is 17.2 Å². The topological polar surface area (TPSA) is 47.9 Å². The molecule has 0 atom stereocenters. The van der Waals surface area contributed by atoms with Gasteiger partial charge < -0.3 is 19.3 Å². The number of methoxy groups -OCH3 is 3. The fraction of sp³-hybridized carbons (Fsp3) is 0.143. The van der Waals surface area contributed by atoms with Crippen molar-refractivity contribution in [2.75, 3.05) is 21.3 Å². The standard InChI is InChI=1S/C21H20O4/c1-23-19-12-15(13-20(24-2)21(19)25-3)9-8-14-10-16-6-4-5-7-17(16)18(22)11-14/h4-13,22H,1-3H3/b9-8+. The second kappa shape index (κ2) is 7.18. The average molecular weight is 336 g/mol. The van der Waals surface area contributed by atoms with Crippen LogP contribution in [0.4, 0.5) is 0 Å². The second-order valence-electron chi connectivity index (χ2n) is 5.55. The maximum Gasteiger partial charge on any atom is 0.203 e. The molecule has 0 saturated heterocycles. The molecule has 3 aromatic carbocycles. The third kappa shape index (κ3) is 3.38. The summed E-state index contributed by atoms with van der Waals surface area (Å²) < 4.78 is 16.1. The van der Waals surface area contributed by atoms with Gasteiger partial charge in [-0.25, -0.2) is 0 Å². The van der Waals surface area contributed by atoms with Gasteiger partial charge in [0.05, 0.1) is 21.3 Å². The summed E-state index contributed by atoms with van der Waals surface area (Å²) in [6.45, 7) is 0. The quantitative estimate of drug-likeness (QED) is 0.684. The normalized spacial score (nSPS) is 11.0. The largest absolute Gasteiger partial charge is 0.507 e. The van der Waals surface area contributed by atoms with Gasteiger partial charge in [0.2, 0.25) is 5.75 Å². The van der Waals surface area contributed by atoms with Gasteiger partial charge in [0.25, 0.3) is 0 Å². The lowest BCUT2D eigenvalue weighted by Gasteiger charge is -2.12. The molecule has 0 radical (unpaired) electrons. The highest BCUT2D eigenvalue weighted by molar-refractivity contribution is 5.91. The maximum atomic E-state index is 10.2. The van der Waals surface area contributed by atoms with Crippen LogP contribution in [0.2, 0.25) is 0 Å². The summed E-state index contributed by atoms with van der Waals surface area (Å²) >= 11 is 0. The van der Waals surface area contributed by atoms with E-state index in [-0.39, 0.29) is 5.75 Å². The molecule has 0 spiro atoms. The van der Waals surface area contributed by atoms with Gasteiger partial charge in [0.15, 0.2) is 11.5 Å². The fourth-order valence-electron chi connectivity index (χ4n) is 2.80. The minimum atomic E-state index is 0.266.